The minimum Gasteiger partial charge on any atom is -0.504 e. The van der Waals surface area contributed by atoms with Gasteiger partial charge in [0.15, 0.2) is 11.5 Å². The van der Waals surface area contributed by atoms with Crippen LogP contribution in [0.4, 0.5) is 0 Å². The highest BCUT2D eigenvalue weighted by atomic mass is 16.3. The highest BCUT2D eigenvalue weighted by molar-refractivity contribution is 5.97. The fraction of sp³-hybridized carbons (Fsp3) is 0.200. The molecule has 3 N–H and O–H groups in total. The number of amides is 1. The molecule has 104 valence electrons. The number of pyridine rings is 1. The van der Waals surface area contributed by atoms with E-state index in [2.05, 4.69) is 10.3 Å². The number of aryl methyl sites for hydroxylation is 1. The van der Waals surface area contributed by atoms with E-state index >= 15 is 0 Å². The largest absolute Gasteiger partial charge is 0.504 e. The quantitative estimate of drug-likeness (QED) is 0.743. The second kappa shape index (κ2) is 6.06. The number of hydrogen-bond donors (Lipinski definition) is 3. The number of rotatable bonds is 4. The van der Waals surface area contributed by atoms with Crippen LogP contribution in [0.25, 0.3) is 0 Å². The van der Waals surface area contributed by atoms with Crippen LogP contribution in [0.2, 0.25) is 0 Å². The van der Waals surface area contributed by atoms with Crippen LogP contribution >= 0.6 is 0 Å². The van der Waals surface area contributed by atoms with Gasteiger partial charge in [-0.2, -0.15) is 0 Å². The van der Waals surface area contributed by atoms with Crippen LogP contribution in [0.3, 0.4) is 0 Å². The first-order valence-corrected chi connectivity index (χ1v) is 6.35. The molecule has 0 aliphatic heterocycles. The molecule has 2 rings (SSSR count). The van der Waals surface area contributed by atoms with Crippen LogP contribution in [0.5, 0.6) is 11.5 Å². The van der Waals surface area contributed by atoms with E-state index in [9.17, 15) is 15.0 Å². The van der Waals surface area contributed by atoms with Gasteiger partial charge >= 0.3 is 0 Å². The normalized spacial score (nSPS) is 10.2. The number of nitrogens with zero attached hydrogens (tertiary/aromatic N) is 1. The summed E-state index contributed by atoms with van der Waals surface area (Å²) in [6.07, 6.45) is 2.50. The molecule has 1 aromatic carbocycles. The smallest absolute Gasteiger partial charge is 0.255 e. The van der Waals surface area contributed by atoms with Crippen molar-refractivity contribution in [2.75, 3.05) is 0 Å². The van der Waals surface area contributed by atoms with Crippen LogP contribution in [0.15, 0.2) is 36.5 Å². The Morgan fingerprint density at radius 3 is 2.80 bits per heavy atom. The summed E-state index contributed by atoms with van der Waals surface area (Å²) in [4.78, 5) is 16.2. The molecule has 2 aromatic rings. The van der Waals surface area contributed by atoms with Crippen molar-refractivity contribution in [3.05, 3.63) is 53.3 Å². The van der Waals surface area contributed by atoms with Gasteiger partial charge in [0.1, 0.15) is 0 Å². The standard InChI is InChI=1S/C15H16N2O3/c1-2-10-5-4-8-16-12(10)9-17-15(20)11-6-3-7-13(18)14(11)19/h3-8,18-19H,2,9H2,1H3,(H,17,20). The summed E-state index contributed by atoms with van der Waals surface area (Å²) in [5.74, 6) is -1.18. The number of carbonyl (C=O) groups is 1. The monoisotopic (exact) mass is 272 g/mol. The molecule has 0 bridgehead atoms. The van der Waals surface area contributed by atoms with Gasteiger partial charge in [-0.15, -0.1) is 0 Å². The van der Waals surface area contributed by atoms with Crippen molar-refractivity contribution >= 4 is 5.91 Å². The van der Waals surface area contributed by atoms with Gasteiger partial charge in [0, 0.05) is 6.20 Å². The highest BCUT2D eigenvalue weighted by Crippen LogP contribution is 2.27. The summed E-state index contributed by atoms with van der Waals surface area (Å²) in [6.45, 7) is 2.29. The Kier molecular flexibility index (Phi) is 4.20. The lowest BCUT2D eigenvalue weighted by Gasteiger charge is -2.09. The topological polar surface area (TPSA) is 82.5 Å². The maximum absolute atomic E-state index is 12.0. The number of phenolic OH excluding ortho intramolecular Hbond substituents is 2. The molecule has 5 nitrogen and oxygen atoms in total. The zero-order valence-corrected chi connectivity index (χ0v) is 11.1. The molecule has 0 saturated carbocycles. The van der Waals surface area contributed by atoms with E-state index in [0.29, 0.717) is 0 Å². The average Bonchev–Trinajstić information content (AvgIpc) is 2.48. The van der Waals surface area contributed by atoms with Gasteiger partial charge in [-0.3, -0.25) is 9.78 Å². The van der Waals surface area contributed by atoms with Crippen molar-refractivity contribution in [3.63, 3.8) is 0 Å². The van der Waals surface area contributed by atoms with Crippen molar-refractivity contribution in [1.82, 2.24) is 10.3 Å². The minimum absolute atomic E-state index is 0.0407. The molecule has 0 fully saturated rings. The molecule has 0 saturated heterocycles. The van der Waals surface area contributed by atoms with Crippen molar-refractivity contribution < 1.29 is 15.0 Å². The summed E-state index contributed by atoms with van der Waals surface area (Å²) in [5.41, 5.74) is 1.90. The first-order chi connectivity index (χ1) is 9.63. The van der Waals surface area contributed by atoms with E-state index in [0.717, 1.165) is 17.7 Å². The summed E-state index contributed by atoms with van der Waals surface area (Å²) in [6, 6.07) is 8.08. The molecule has 1 aromatic heterocycles. The molecule has 20 heavy (non-hydrogen) atoms. The number of phenols is 2. The Hall–Kier alpha value is -2.56. The van der Waals surface area contributed by atoms with Crippen molar-refractivity contribution in [3.8, 4) is 11.5 Å². The zero-order chi connectivity index (χ0) is 14.5. The predicted octanol–water partition coefficient (Wildman–Crippen LogP) is 1.99. The number of carbonyl (C=O) groups excluding carboxylic acids is 1. The third-order valence-corrected chi connectivity index (χ3v) is 3.04. The summed E-state index contributed by atoms with van der Waals surface area (Å²) >= 11 is 0. The van der Waals surface area contributed by atoms with Gasteiger partial charge < -0.3 is 15.5 Å². The lowest BCUT2D eigenvalue weighted by molar-refractivity contribution is 0.0947. The van der Waals surface area contributed by atoms with Crippen LogP contribution in [0.1, 0.15) is 28.5 Å². The lowest BCUT2D eigenvalue weighted by atomic mass is 10.1. The Balaban J connectivity index is 2.11. The first kappa shape index (κ1) is 13.9. The molecule has 0 spiro atoms. The van der Waals surface area contributed by atoms with Crippen LogP contribution < -0.4 is 5.32 Å². The molecular weight excluding hydrogens is 256 g/mol. The van der Waals surface area contributed by atoms with Gasteiger partial charge in [0.05, 0.1) is 17.8 Å². The molecule has 0 aliphatic carbocycles. The molecule has 0 aliphatic rings. The minimum atomic E-state index is -0.453. The molecule has 0 radical (unpaired) electrons. The fourth-order valence-electron chi connectivity index (χ4n) is 1.93. The predicted molar refractivity (Wildman–Crippen MR) is 74.6 cm³/mol. The van der Waals surface area contributed by atoms with Gasteiger partial charge in [0.2, 0.25) is 0 Å². The molecule has 1 amide bonds. The number of hydrogen-bond acceptors (Lipinski definition) is 4. The summed E-state index contributed by atoms with van der Waals surface area (Å²) in [7, 11) is 0. The van der Waals surface area contributed by atoms with E-state index in [4.69, 9.17) is 0 Å². The first-order valence-electron chi connectivity index (χ1n) is 6.35. The van der Waals surface area contributed by atoms with E-state index in [1.807, 2.05) is 19.1 Å². The molecule has 0 atom stereocenters. The zero-order valence-electron chi connectivity index (χ0n) is 11.1. The van der Waals surface area contributed by atoms with Crippen molar-refractivity contribution in [2.24, 2.45) is 0 Å². The van der Waals surface area contributed by atoms with Gasteiger partial charge in [-0.1, -0.05) is 19.1 Å². The van der Waals surface area contributed by atoms with Gasteiger partial charge in [-0.05, 0) is 30.2 Å². The summed E-state index contributed by atoms with van der Waals surface area (Å²) < 4.78 is 0. The van der Waals surface area contributed by atoms with E-state index in [-0.39, 0.29) is 17.9 Å². The maximum atomic E-state index is 12.0. The molecule has 5 heteroatoms. The highest BCUT2D eigenvalue weighted by Gasteiger charge is 2.14. The van der Waals surface area contributed by atoms with Gasteiger partial charge in [0.25, 0.3) is 5.91 Å². The number of benzene rings is 1. The van der Waals surface area contributed by atoms with Crippen LogP contribution in [0, 0.1) is 0 Å². The number of para-hydroxylation sites is 1. The molecule has 1 heterocycles. The SMILES string of the molecule is CCc1cccnc1CNC(=O)c1cccc(O)c1O. The number of nitrogens with one attached hydrogen (secondary N) is 1. The maximum Gasteiger partial charge on any atom is 0.255 e. The third kappa shape index (κ3) is 2.88. The van der Waals surface area contributed by atoms with E-state index in [1.165, 1.54) is 18.2 Å². The number of aromatic hydroxyl groups is 2. The molecule has 0 unspecified atom stereocenters. The Morgan fingerprint density at radius 2 is 2.05 bits per heavy atom. The Labute approximate surface area is 116 Å². The summed E-state index contributed by atoms with van der Waals surface area (Å²) in [5, 5.41) is 21.7. The van der Waals surface area contributed by atoms with Crippen LogP contribution in [-0.2, 0) is 13.0 Å². The fourth-order valence-corrected chi connectivity index (χ4v) is 1.93. The molecular formula is C15H16N2O3. The Morgan fingerprint density at radius 1 is 1.25 bits per heavy atom. The third-order valence-electron chi connectivity index (χ3n) is 3.04. The second-order valence-corrected chi connectivity index (χ2v) is 4.32. The van der Waals surface area contributed by atoms with E-state index in [1.54, 1.807) is 6.20 Å². The van der Waals surface area contributed by atoms with E-state index < -0.39 is 11.7 Å². The lowest BCUT2D eigenvalue weighted by Crippen LogP contribution is -2.24. The second-order valence-electron chi connectivity index (χ2n) is 4.32. The van der Waals surface area contributed by atoms with Crippen molar-refractivity contribution in [1.29, 1.82) is 0 Å². The Bertz CT molecular complexity index is 626. The average molecular weight is 272 g/mol. The van der Waals surface area contributed by atoms with Crippen LogP contribution in [-0.4, -0.2) is 21.1 Å². The van der Waals surface area contributed by atoms with Crippen molar-refractivity contribution in [2.45, 2.75) is 19.9 Å². The number of aromatic nitrogens is 1. The van der Waals surface area contributed by atoms with Gasteiger partial charge in [-0.25, -0.2) is 0 Å².